The molecule has 2 amide bonds. The molecule has 0 aliphatic rings. The second-order valence-electron chi connectivity index (χ2n) is 8.21. The first-order valence-electron chi connectivity index (χ1n) is 11.0. The van der Waals surface area contributed by atoms with E-state index in [0.29, 0.717) is 33.5 Å². The van der Waals surface area contributed by atoms with Crippen LogP contribution >= 0.6 is 0 Å². The average Bonchev–Trinajstić information content (AvgIpc) is 3.48. The van der Waals surface area contributed by atoms with Crippen LogP contribution in [-0.4, -0.2) is 27.1 Å². The molecule has 0 spiro atoms. The second kappa shape index (κ2) is 8.83. The Morgan fingerprint density at radius 1 is 0.914 bits per heavy atom. The Kier molecular flexibility index (Phi) is 5.54. The van der Waals surface area contributed by atoms with E-state index < -0.39 is 11.8 Å². The van der Waals surface area contributed by atoms with Crippen LogP contribution in [0.4, 0.5) is 11.4 Å². The van der Waals surface area contributed by atoms with E-state index in [1.807, 2.05) is 19.1 Å². The SMILES string of the molecule is Cc1ccc(NC(=O)c2oc3ccccc3c2NC(=O)c2cc(-c3cccc(C)c3O)n[nH]2)cc1. The van der Waals surface area contributed by atoms with E-state index in [1.54, 1.807) is 61.5 Å². The van der Waals surface area contributed by atoms with Gasteiger partial charge in [-0.1, -0.05) is 42.0 Å². The highest BCUT2D eigenvalue weighted by atomic mass is 16.3. The molecule has 2 aromatic heterocycles. The Morgan fingerprint density at radius 3 is 2.49 bits per heavy atom. The number of furan rings is 1. The number of nitrogens with one attached hydrogen (secondary N) is 3. The van der Waals surface area contributed by atoms with Crippen LogP contribution in [0.5, 0.6) is 5.75 Å². The molecule has 8 heteroatoms. The number of nitrogens with zero attached hydrogens (tertiary/aromatic N) is 1. The van der Waals surface area contributed by atoms with Gasteiger partial charge in [-0.2, -0.15) is 5.10 Å². The summed E-state index contributed by atoms with van der Waals surface area (Å²) < 4.78 is 5.81. The lowest BCUT2D eigenvalue weighted by atomic mass is 10.1. The lowest BCUT2D eigenvalue weighted by Crippen LogP contribution is -2.17. The number of benzene rings is 3. The maximum Gasteiger partial charge on any atom is 0.293 e. The second-order valence-corrected chi connectivity index (χ2v) is 8.21. The molecule has 8 nitrogen and oxygen atoms in total. The van der Waals surface area contributed by atoms with Crippen molar-refractivity contribution < 1.29 is 19.1 Å². The molecule has 4 N–H and O–H groups in total. The smallest absolute Gasteiger partial charge is 0.293 e. The summed E-state index contributed by atoms with van der Waals surface area (Å²) in [5.74, 6) is -0.916. The van der Waals surface area contributed by atoms with Gasteiger partial charge in [-0.05, 0) is 55.8 Å². The number of carbonyl (C=O) groups excluding carboxylic acids is 2. The Hall–Kier alpha value is -4.85. The van der Waals surface area contributed by atoms with Gasteiger partial charge >= 0.3 is 0 Å². The number of aromatic amines is 1. The first-order valence-corrected chi connectivity index (χ1v) is 11.0. The zero-order chi connectivity index (χ0) is 24.5. The molecule has 0 atom stereocenters. The number of phenolic OH excluding ortho intramolecular Hbond substituents is 1. The van der Waals surface area contributed by atoms with Crippen molar-refractivity contribution in [1.29, 1.82) is 0 Å². The zero-order valence-corrected chi connectivity index (χ0v) is 19.0. The van der Waals surface area contributed by atoms with Crippen molar-refractivity contribution in [2.24, 2.45) is 0 Å². The summed E-state index contributed by atoms with van der Waals surface area (Å²) in [6.45, 7) is 3.74. The van der Waals surface area contributed by atoms with Crippen LogP contribution < -0.4 is 10.6 Å². The molecule has 35 heavy (non-hydrogen) atoms. The molecule has 0 aliphatic heterocycles. The number of phenols is 1. The fraction of sp³-hybridized carbons (Fsp3) is 0.0741. The number of para-hydroxylation sites is 2. The quantitative estimate of drug-likeness (QED) is 0.267. The number of aromatic hydroxyl groups is 1. The standard InChI is InChI=1S/C27H22N4O4/c1-15-10-12-17(13-11-15)28-27(34)25-23(19-7-3-4-9-22(19)35-25)29-26(33)21-14-20(30-31-21)18-8-5-6-16(2)24(18)32/h3-14,32H,1-2H3,(H,28,34)(H,29,33)(H,30,31). The molecule has 174 valence electrons. The number of amides is 2. The van der Waals surface area contributed by atoms with Crippen molar-refractivity contribution in [3.63, 3.8) is 0 Å². The first kappa shape index (κ1) is 22.0. The number of carbonyl (C=O) groups is 2. The highest BCUT2D eigenvalue weighted by Crippen LogP contribution is 2.33. The average molecular weight is 466 g/mol. The third-order valence-corrected chi connectivity index (χ3v) is 5.69. The lowest BCUT2D eigenvalue weighted by molar-refractivity contribution is 0.0999. The minimum atomic E-state index is -0.508. The molecule has 0 aliphatic carbocycles. The van der Waals surface area contributed by atoms with Gasteiger partial charge in [0.15, 0.2) is 0 Å². The van der Waals surface area contributed by atoms with Crippen molar-refractivity contribution in [3.8, 4) is 17.0 Å². The van der Waals surface area contributed by atoms with Crippen LogP contribution in [0.15, 0.2) is 77.2 Å². The van der Waals surface area contributed by atoms with Crippen LogP contribution in [0.3, 0.4) is 0 Å². The number of anilines is 2. The number of rotatable bonds is 5. The summed E-state index contributed by atoms with van der Waals surface area (Å²) in [5, 5.41) is 23.4. The number of fused-ring (bicyclic) bond motifs is 1. The number of aromatic nitrogens is 2. The van der Waals surface area contributed by atoms with E-state index in [1.165, 1.54) is 6.07 Å². The molecule has 0 saturated carbocycles. The molecule has 5 rings (SSSR count). The maximum absolute atomic E-state index is 13.1. The molecule has 0 saturated heterocycles. The maximum atomic E-state index is 13.1. The summed E-state index contributed by atoms with van der Waals surface area (Å²) >= 11 is 0. The van der Waals surface area contributed by atoms with E-state index in [-0.39, 0.29) is 22.9 Å². The van der Waals surface area contributed by atoms with Gasteiger partial charge < -0.3 is 20.2 Å². The van der Waals surface area contributed by atoms with E-state index >= 15 is 0 Å². The van der Waals surface area contributed by atoms with Crippen molar-refractivity contribution >= 4 is 34.2 Å². The number of H-pyrrole nitrogens is 1. The Balaban J connectivity index is 1.45. The van der Waals surface area contributed by atoms with Crippen LogP contribution in [0.25, 0.3) is 22.2 Å². The molecular weight excluding hydrogens is 444 g/mol. The summed E-state index contributed by atoms with van der Waals surface area (Å²) in [4.78, 5) is 26.2. The molecule has 0 unspecified atom stereocenters. The number of hydrogen-bond donors (Lipinski definition) is 4. The van der Waals surface area contributed by atoms with Crippen LogP contribution in [0, 0.1) is 13.8 Å². The van der Waals surface area contributed by atoms with Gasteiger partial charge in [0.25, 0.3) is 11.8 Å². The zero-order valence-electron chi connectivity index (χ0n) is 19.0. The van der Waals surface area contributed by atoms with Crippen molar-refractivity contribution in [1.82, 2.24) is 10.2 Å². The largest absolute Gasteiger partial charge is 0.507 e. The lowest BCUT2D eigenvalue weighted by Gasteiger charge is -2.07. The summed E-state index contributed by atoms with van der Waals surface area (Å²) in [6.07, 6.45) is 0. The minimum absolute atomic E-state index is 0.0174. The monoisotopic (exact) mass is 466 g/mol. The Morgan fingerprint density at radius 2 is 1.69 bits per heavy atom. The van der Waals surface area contributed by atoms with E-state index in [2.05, 4.69) is 20.8 Å². The molecule has 5 aromatic rings. The minimum Gasteiger partial charge on any atom is -0.507 e. The normalized spacial score (nSPS) is 10.9. The molecule has 0 radical (unpaired) electrons. The fourth-order valence-corrected chi connectivity index (χ4v) is 3.78. The van der Waals surface area contributed by atoms with Gasteiger partial charge in [0.05, 0.1) is 5.69 Å². The predicted molar refractivity (Wildman–Crippen MR) is 134 cm³/mol. The van der Waals surface area contributed by atoms with Gasteiger partial charge in [0, 0.05) is 16.6 Å². The Labute approximate surface area is 200 Å². The van der Waals surface area contributed by atoms with E-state index in [9.17, 15) is 14.7 Å². The topological polar surface area (TPSA) is 120 Å². The van der Waals surface area contributed by atoms with Gasteiger partial charge in [-0.25, -0.2) is 0 Å². The van der Waals surface area contributed by atoms with Gasteiger partial charge in [-0.15, -0.1) is 0 Å². The van der Waals surface area contributed by atoms with E-state index in [4.69, 9.17) is 4.42 Å². The van der Waals surface area contributed by atoms with Gasteiger partial charge in [0.2, 0.25) is 5.76 Å². The Bertz CT molecular complexity index is 1560. The van der Waals surface area contributed by atoms with Crippen molar-refractivity contribution in [2.75, 3.05) is 10.6 Å². The van der Waals surface area contributed by atoms with Gasteiger partial charge in [0.1, 0.15) is 22.7 Å². The molecule has 0 bridgehead atoms. The molecule has 2 heterocycles. The van der Waals surface area contributed by atoms with Crippen molar-refractivity contribution in [3.05, 3.63) is 95.4 Å². The molecule has 3 aromatic carbocycles. The summed E-state index contributed by atoms with van der Waals surface area (Å²) in [6, 6.07) is 21.3. The highest BCUT2D eigenvalue weighted by molar-refractivity contribution is 6.16. The highest BCUT2D eigenvalue weighted by Gasteiger charge is 2.24. The summed E-state index contributed by atoms with van der Waals surface area (Å²) in [5.41, 5.74) is 4.18. The van der Waals surface area contributed by atoms with Gasteiger partial charge in [-0.3, -0.25) is 14.7 Å². The third-order valence-electron chi connectivity index (χ3n) is 5.69. The van der Waals surface area contributed by atoms with E-state index in [0.717, 1.165) is 5.56 Å². The molecular formula is C27H22N4O4. The van der Waals surface area contributed by atoms with Crippen LogP contribution in [-0.2, 0) is 0 Å². The number of hydrogen-bond acceptors (Lipinski definition) is 5. The fourth-order valence-electron chi connectivity index (χ4n) is 3.78. The summed E-state index contributed by atoms with van der Waals surface area (Å²) in [7, 11) is 0. The first-order chi connectivity index (χ1) is 16.9. The third kappa shape index (κ3) is 4.24. The predicted octanol–water partition coefficient (Wildman–Crippen LogP) is 5.65. The van der Waals surface area contributed by atoms with Crippen molar-refractivity contribution in [2.45, 2.75) is 13.8 Å². The van der Waals surface area contributed by atoms with Crippen LogP contribution in [0.1, 0.15) is 32.2 Å². The molecule has 0 fully saturated rings. The van der Waals surface area contributed by atoms with Crippen LogP contribution in [0.2, 0.25) is 0 Å². The number of aryl methyl sites for hydroxylation is 2.